The van der Waals surface area contributed by atoms with Crippen LogP contribution in [0.15, 0.2) is 212 Å². The summed E-state index contributed by atoms with van der Waals surface area (Å²) < 4.78 is 4.97. The second-order valence-corrected chi connectivity index (χ2v) is 15.2. The minimum atomic E-state index is 1.08. The van der Waals surface area contributed by atoms with E-state index < -0.39 is 0 Å². The van der Waals surface area contributed by atoms with E-state index in [4.69, 9.17) is 0 Å². The van der Waals surface area contributed by atoms with Crippen molar-refractivity contribution in [1.82, 2.24) is 4.57 Å². The first-order chi connectivity index (χ1) is 27.8. The first kappa shape index (κ1) is 32.3. The van der Waals surface area contributed by atoms with Crippen molar-refractivity contribution in [3.05, 3.63) is 212 Å². The van der Waals surface area contributed by atoms with Crippen molar-refractivity contribution in [2.75, 3.05) is 9.80 Å². The molecule has 56 heavy (non-hydrogen) atoms. The quantitative estimate of drug-likeness (QED) is 0.162. The van der Waals surface area contributed by atoms with Gasteiger partial charge in [0.15, 0.2) is 0 Å². The van der Waals surface area contributed by atoms with Gasteiger partial charge in [0.25, 0.3) is 0 Å². The van der Waals surface area contributed by atoms with Gasteiger partial charge < -0.3 is 14.4 Å². The zero-order chi connectivity index (χ0) is 37.0. The SMILES string of the molecule is c1ccc(N(c2ccc(N(c3ccccc3)c3cccc4sc5ccc6ccccc6c5c34)cc2)c2ccc3c4ccccc4n(-c4ccccc4)c3c2)cc1. The first-order valence-corrected chi connectivity index (χ1v) is 19.8. The molecule has 0 bridgehead atoms. The Morgan fingerprint density at radius 3 is 1.64 bits per heavy atom. The molecule has 0 amide bonds. The third kappa shape index (κ3) is 5.26. The van der Waals surface area contributed by atoms with Crippen LogP contribution in [-0.4, -0.2) is 4.57 Å². The van der Waals surface area contributed by atoms with Crippen LogP contribution in [-0.2, 0) is 0 Å². The van der Waals surface area contributed by atoms with E-state index >= 15 is 0 Å². The number of rotatable bonds is 7. The topological polar surface area (TPSA) is 11.4 Å². The van der Waals surface area contributed by atoms with E-state index in [1.807, 2.05) is 11.3 Å². The molecule has 264 valence electrons. The number of hydrogen-bond donors (Lipinski definition) is 0. The lowest BCUT2D eigenvalue weighted by atomic mass is 10.0. The van der Waals surface area contributed by atoms with E-state index in [1.54, 1.807) is 0 Å². The first-order valence-electron chi connectivity index (χ1n) is 19.0. The maximum absolute atomic E-state index is 2.41. The number of hydrogen-bond acceptors (Lipinski definition) is 3. The van der Waals surface area contributed by atoms with Gasteiger partial charge in [0.2, 0.25) is 0 Å². The van der Waals surface area contributed by atoms with Crippen LogP contribution in [0.3, 0.4) is 0 Å². The summed E-state index contributed by atoms with van der Waals surface area (Å²) in [6, 6.07) is 76.8. The Bertz CT molecular complexity index is 3180. The van der Waals surface area contributed by atoms with E-state index in [0.29, 0.717) is 0 Å². The fourth-order valence-corrected chi connectivity index (χ4v) is 9.63. The second-order valence-electron chi connectivity index (χ2n) is 14.2. The van der Waals surface area contributed by atoms with Gasteiger partial charge in [0.05, 0.1) is 16.7 Å². The van der Waals surface area contributed by atoms with E-state index in [0.717, 1.165) is 34.1 Å². The normalized spacial score (nSPS) is 11.6. The molecule has 3 nitrogen and oxygen atoms in total. The maximum Gasteiger partial charge on any atom is 0.0561 e. The molecule has 0 unspecified atom stereocenters. The fourth-order valence-electron chi connectivity index (χ4n) is 8.49. The van der Waals surface area contributed by atoms with Crippen LogP contribution < -0.4 is 9.80 Å². The highest BCUT2D eigenvalue weighted by Gasteiger charge is 2.21. The number of fused-ring (bicyclic) bond motifs is 8. The van der Waals surface area contributed by atoms with Gasteiger partial charge in [-0.05, 0) is 108 Å². The molecule has 0 N–H and O–H groups in total. The van der Waals surface area contributed by atoms with Gasteiger partial charge in [-0.15, -0.1) is 11.3 Å². The molecule has 0 aliphatic rings. The number of para-hydroxylation sites is 4. The molecule has 0 fully saturated rings. The van der Waals surface area contributed by atoms with Gasteiger partial charge in [-0.2, -0.15) is 0 Å². The van der Waals surface area contributed by atoms with Gasteiger partial charge >= 0.3 is 0 Å². The molecule has 11 aromatic rings. The Labute approximate surface area is 329 Å². The van der Waals surface area contributed by atoms with E-state index in [1.165, 1.54) is 58.4 Å². The molecule has 9 aromatic carbocycles. The molecule has 0 saturated carbocycles. The molecule has 0 atom stereocenters. The van der Waals surface area contributed by atoms with Crippen molar-refractivity contribution in [3.8, 4) is 5.69 Å². The van der Waals surface area contributed by atoms with Crippen molar-refractivity contribution in [3.63, 3.8) is 0 Å². The average molecular weight is 734 g/mol. The van der Waals surface area contributed by atoms with E-state index in [2.05, 4.69) is 227 Å². The number of thiophene rings is 1. The molecular weight excluding hydrogens is 699 g/mol. The van der Waals surface area contributed by atoms with Gasteiger partial charge in [0, 0.05) is 65.1 Å². The van der Waals surface area contributed by atoms with Crippen molar-refractivity contribution in [1.29, 1.82) is 0 Å². The van der Waals surface area contributed by atoms with Crippen molar-refractivity contribution < 1.29 is 0 Å². The van der Waals surface area contributed by atoms with Crippen LogP contribution in [0.4, 0.5) is 34.1 Å². The number of aromatic nitrogens is 1. The molecule has 0 spiro atoms. The van der Waals surface area contributed by atoms with Crippen LogP contribution in [0.5, 0.6) is 0 Å². The predicted molar refractivity (Wildman–Crippen MR) is 241 cm³/mol. The fraction of sp³-hybridized carbons (Fsp3) is 0. The predicted octanol–water partition coefficient (Wildman–Crippen LogP) is 15.2. The minimum absolute atomic E-state index is 1.08. The molecule has 4 heteroatoms. The summed E-state index contributed by atoms with van der Waals surface area (Å²) in [5.74, 6) is 0. The zero-order valence-electron chi connectivity index (χ0n) is 30.5. The van der Waals surface area contributed by atoms with Crippen molar-refractivity contribution >= 4 is 98.2 Å². The molecule has 2 aromatic heterocycles. The summed E-state index contributed by atoms with van der Waals surface area (Å²) in [5.41, 5.74) is 10.2. The molecule has 0 radical (unpaired) electrons. The lowest BCUT2D eigenvalue weighted by Gasteiger charge is -2.29. The molecule has 11 rings (SSSR count). The van der Waals surface area contributed by atoms with E-state index in [-0.39, 0.29) is 0 Å². The minimum Gasteiger partial charge on any atom is -0.310 e. The van der Waals surface area contributed by atoms with Gasteiger partial charge in [0.1, 0.15) is 0 Å². The Morgan fingerprint density at radius 2 is 0.893 bits per heavy atom. The summed E-state index contributed by atoms with van der Waals surface area (Å²) in [6.07, 6.45) is 0. The summed E-state index contributed by atoms with van der Waals surface area (Å²) in [6.45, 7) is 0. The van der Waals surface area contributed by atoms with Crippen molar-refractivity contribution in [2.24, 2.45) is 0 Å². The van der Waals surface area contributed by atoms with Crippen molar-refractivity contribution in [2.45, 2.75) is 0 Å². The highest BCUT2D eigenvalue weighted by Crippen LogP contribution is 2.47. The zero-order valence-corrected chi connectivity index (χ0v) is 31.3. The van der Waals surface area contributed by atoms with Gasteiger partial charge in [-0.1, -0.05) is 115 Å². The Balaban J connectivity index is 1.09. The van der Waals surface area contributed by atoms with Gasteiger partial charge in [-0.3, -0.25) is 0 Å². The molecular formula is C52H35N3S. The summed E-state index contributed by atoms with van der Waals surface area (Å²) in [7, 11) is 0. The van der Waals surface area contributed by atoms with E-state index in [9.17, 15) is 0 Å². The van der Waals surface area contributed by atoms with Crippen LogP contribution in [0.2, 0.25) is 0 Å². The molecule has 0 aliphatic heterocycles. The smallest absolute Gasteiger partial charge is 0.0561 e. The van der Waals surface area contributed by atoms with Crippen LogP contribution in [0, 0.1) is 0 Å². The second kappa shape index (κ2) is 13.3. The van der Waals surface area contributed by atoms with Crippen LogP contribution >= 0.6 is 11.3 Å². The highest BCUT2D eigenvalue weighted by atomic mass is 32.1. The summed E-state index contributed by atoms with van der Waals surface area (Å²) in [5, 5.41) is 7.62. The van der Waals surface area contributed by atoms with Crippen LogP contribution in [0.1, 0.15) is 0 Å². The highest BCUT2D eigenvalue weighted by molar-refractivity contribution is 7.26. The Hall–Kier alpha value is -7.14. The third-order valence-corrected chi connectivity index (χ3v) is 12.1. The number of benzene rings is 9. The average Bonchev–Trinajstić information content (AvgIpc) is 3.82. The number of anilines is 6. The Kier molecular flexibility index (Phi) is 7.68. The van der Waals surface area contributed by atoms with Gasteiger partial charge in [-0.25, -0.2) is 0 Å². The summed E-state index contributed by atoms with van der Waals surface area (Å²) in [4.78, 5) is 4.78. The molecule has 0 aliphatic carbocycles. The Morgan fingerprint density at radius 1 is 0.339 bits per heavy atom. The standard InChI is InChI=1S/C52H35N3S/c1-4-16-37(17-5-1)53(42-32-33-45-44-23-12-13-24-46(44)55(48(45)35-42)39-20-8-3-9-21-39)40-28-30-41(31-29-40)54(38-18-6-2-7-19-38)47-25-14-26-49-52(47)51-43-22-11-10-15-36(43)27-34-50(51)56-49/h1-35H. The third-order valence-electron chi connectivity index (χ3n) is 10.9. The molecule has 2 heterocycles. The number of nitrogens with zero attached hydrogens (tertiary/aromatic N) is 3. The summed E-state index contributed by atoms with van der Waals surface area (Å²) >= 11 is 1.87. The maximum atomic E-state index is 2.41. The lowest BCUT2D eigenvalue weighted by molar-refractivity contribution is 1.18. The molecule has 0 saturated heterocycles. The largest absolute Gasteiger partial charge is 0.310 e. The van der Waals surface area contributed by atoms with Crippen LogP contribution in [0.25, 0.3) is 58.4 Å². The lowest BCUT2D eigenvalue weighted by Crippen LogP contribution is -2.12. The monoisotopic (exact) mass is 733 g/mol.